The standard InChI is InChI=1S/C26H36N2O3/c1-6-7-14-27-26(30)22(5)28(15-13-23-11-9-8-10-12-23)25(29)18-31-24-17-19(2)16-20(3)21(24)4/h8-12,16-17,22H,6-7,13-15,18H2,1-5H3,(H,27,30). The normalized spacial score (nSPS) is 11.6. The smallest absolute Gasteiger partial charge is 0.261 e. The van der Waals surface area contributed by atoms with Gasteiger partial charge in [0.25, 0.3) is 5.91 Å². The minimum atomic E-state index is -0.558. The van der Waals surface area contributed by atoms with Crippen LogP contribution in [0.15, 0.2) is 42.5 Å². The molecule has 1 N–H and O–H groups in total. The van der Waals surface area contributed by atoms with Crippen molar-refractivity contribution in [1.29, 1.82) is 0 Å². The zero-order valence-electron chi connectivity index (χ0n) is 19.5. The minimum Gasteiger partial charge on any atom is -0.483 e. The van der Waals surface area contributed by atoms with E-state index in [4.69, 9.17) is 4.74 Å². The molecule has 1 atom stereocenters. The van der Waals surface area contributed by atoms with Gasteiger partial charge in [0, 0.05) is 13.1 Å². The summed E-state index contributed by atoms with van der Waals surface area (Å²) in [5.74, 6) is 0.402. The van der Waals surface area contributed by atoms with Gasteiger partial charge in [0.15, 0.2) is 6.61 Å². The van der Waals surface area contributed by atoms with Gasteiger partial charge in [0.2, 0.25) is 5.91 Å². The summed E-state index contributed by atoms with van der Waals surface area (Å²) >= 11 is 0. The first kappa shape index (κ1) is 24.4. The number of benzene rings is 2. The van der Waals surface area contributed by atoms with Crippen molar-refractivity contribution in [3.8, 4) is 5.75 Å². The number of nitrogens with zero attached hydrogens (tertiary/aromatic N) is 1. The first-order valence-electron chi connectivity index (χ1n) is 11.1. The number of unbranched alkanes of at least 4 members (excludes halogenated alkanes) is 1. The summed E-state index contributed by atoms with van der Waals surface area (Å²) in [7, 11) is 0. The van der Waals surface area contributed by atoms with E-state index in [0.717, 1.165) is 35.1 Å². The van der Waals surface area contributed by atoms with Crippen molar-refractivity contribution >= 4 is 11.8 Å². The van der Waals surface area contributed by atoms with Gasteiger partial charge in [-0.05, 0) is 68.9 Å². The van der Waals surface area contributed by atoms with Gasteiger partial charge in [-0.1, -0.05) is 49.7 Å². The summed E-state index contributed by atoms with van der Waals surface area (Å²) < 4.78 is 5.90. The second kappa shape index (κ2) is 12.1. The third kappa shape index (κ3) is 7.42. The first-order valence-corrected chi connectivity index (χ1v) is 11.1. The van der Waals surface area contributed by atoms with Crippen molar-refractivity contribution in [2.75, 3.05) is 19.7 Å². The number of rotatable bonds is 11. The Balaban J connectivity index is 2.10. The van der Waals surface area contributed by atoms with Gasteiger partial charge in [0.1, 0.15) is 11.8 Å². The molecule has 0 radical (unpaired) electrons. The Hall–Kier alpha value is -2.82. The first-order chi connectivity index (χ1) is 14.8. The van der Waals surface area contributed by atoms with Crippen LogP contribution in [0.4, 0.5) is 0 Å². The predicted molar refractivity (Wildman–Crippen MR) is 125 cm³/mol. The molecule has 31 heavy (non-hydrogen) atoms. The van der Waals surface area contributed by atoms with Crippen LogP contribution in [-0.2, 0) is 16.0 Å². The van der Waals surface area contributed by atoms with Crippen LogP contribution in [0.3, 0.4) is 0 Å². The fourth-order valence-corrected chi connectivity index (χ4v) is 3.48. The summed E-state index contributed by atoms with van der Waals surface area (Å²) in [6.45, 7) is 10.9. The van der Waals surface area contributed by atoms with Gasteiger partial charge in [-0.15, -0.1) is 0 Å². The van der Waals surface area contributed by atoms with E-state index in [1.165, 1.54) is 0 Å². The third-order valence-electron chi connectivity index (χ3n) is 5.60. The molecule has 0 heterocycles. The molecule has 2 amide bonds. The average Bonchev–Trinajstić information content (AvgIpc) is 2.76. The number of nitrogens with one attached hydrogen (secondary N) is 1. The molecule has 2 aromatic rings. The maximum absolute atomic E-state index is 13.1. The van der Waals surface area contributed by atoms with Gasteiger partial charge >= 0.3 is 0 Å². The second-order valence-corrected chi connectivity index (χ2v) is 8.14. The molecule has 168 valence electrons. The maximum Gasteiger partial charge on any atom is 0.261 e. The van der Waals surface area contributed by atoms with Crippen molar-refractivity contribution in [2.24, 2.45) is 0 Å². The van der Waals surface area contributed by atoms with Crippen LogP contribution in [0, 0.1) is 20.8 Å². The number of aryl methyl sites for hydroxylation is 2. The quantitative estimate of drug-likeness (QED) is 0.545. The van der Waals surface area contributed by atoms with Crippen molar-refractivity contribution in [2.45, 2.75) is 59.9 Å². The summed E-state index contributed by atoms with van der Waals surface area (Å²) in [5.41, 5.74) is 4.38. The highest BCUT2D eigenvalue weighted by molar-refractivity contribution is 5.88. The van der Waals surface area contributed by atoms with Gasteiger partial charge < -0.3 is 15.0 Å². The Morgan fingerprint density at radius 3 is 2.48 bits per heavy atom. The van der Waals surface area contributed by atoms with Crippen molar-refractivity contribution in [1.82, 2.24) is 10.2 Å². The van der Waals surface area contributed by atoms with E-state index in [-0.39, 0.29) is 18.4 Å². The van der Waals surface area contributed by atoms with E-state index in [2.05, 4.69) is 18.3 Å². The third-order valence-corrected chi connectivity index (χ3v) is 5.60. The van der Waals surface area contributed by atoms with Gasteiger partial charge in [-0.25, -0.2) is 0 Å². The number of carbonyl (C=O) groups excluding carboxylic acids is 2. The zero-order valence-corrected chi connectivity index (χ0v) is 19.5. The highest BCUT2D eigenvalue weighted by Crippen LogP contribution is 2.23. The highest BCUT2D eigenvalue weighted by Gasteiger charge is 2.26. The lowest BCUT2D eigenvalue weighted by atomic mass is 10.1. The molecule has 5 nitrogen and oxygen atoms in total. The lowest BCUT2D eigenvalue weighted by molar-refractivity contribution is -0.141. The van der Waals surface area contributed by atoms with Crippen molar-refractivity contribution in [3.63, 3.8) is 0 Å². The van der Waals surface area contributed by atoms with E-state index >= 15 is 0 Å². The van der Waals surface area contributed by atoms with Crippen LogP contribution in [-0.4, -0.2) is 42.5 Å². The molecule has 0 aromatic heterocycles. The molecule has 0 aliphatic heterocycles. The Morgan fingerprint density at radius 1 is 1.10 bits per heavy atom. The molecular formula is C26H36N2O3. The van der Waals surface area contributed by atoms with Crippen LogP contribution in [0.1, 0.15) is 48.9 Å². The van der Waals surface area contributed by atoms with E-state index < -0.39 is 6.04 Å². The predicted octanol–water partition coefficient (Wildman–Crippen LogP) is 4.37. The molecule has 2 rings (SSSR count). The second-order valence-electron chi connectivity index (χ2n) is 8.14. The molecular weight excluding hydrogens is 388 g/mol. The Kier molecular flexibility index (Phi) is 9.57. The molecule has 0 aliphatic rings. The fraction of sp³-hybridized carbons (Fsp3) is 0.462. The van der Waals surface area contributed by atoms with Crippen LogP contribution < -0.4 is 10.1 Å². The monoisotopic (exact) mass is 424 g/mol. The number of carbonyl (C=O) groups is 2. The highest BCUT2D eigenvalue weighted by atomic mass is 16.5. The van der Waals surface area contributed by atoms with E-state index in [9.17, 15) is 9.59 Å². The molecule has 0 spiro atoms. The Morgan fingerprint density at radius 2 is 1.81 bits per heavy atom. The lowest BCUT2D eigenvalue weighted by Gasteiger charge is -2.29. The largest absolute Gasteiger partial charge is 0.483 e. The van der Waals surface area contributed by atoms with Gasteiger partial charge in [0.05, 0.1) is 0 Å². The molecule has 5 heteroatoms. The fourth-order valence-electron chi connectivity index (χ4n) is 3.48. The molecule has 2 aromatic carbocycles. The SMILES string of the molecule is CCCCNC(=O)C(C)N(CCc1ccccc1)C(=O)COc1cc(C)cc(C)c1C. The zero-order chi connectivity index (χ0) is 22.8. The Bertz CT molecular complexity index is 864. The number of ether oxygens (including phenoxy) is 1. The minimum absolute atomic E-state index is 0.0922. The van der Waals surface area contributed by atoms with Crippen LogP contribution in [0.25, 0.3) is 0 Å². The molecule has 0 saturated carbocycles. The van der Waals surface area contributed by atoms with Gasteiger partial charge in [-0.2, -0.15) is 0 Å². The number of amides is 2. The lowest BCUT2D eigenvalue weighted by Crippen LogP contribution is -2.50. The van der Waals surface area contributed by atoms with Crippen molar-refractivity contribution in [3.05, 3.63) is 64.7 Å². The summed E-state index contributed by atoms with van der Waals surface area (Å²) in [4.78, 5) is 27.4. The summed E-state index contributed by atoms with van der Waals surface area (Å²) in [5, 5.41) is 2.94. The molecule has 0 bridgehead atoms. The van der Waals surface area contributed by atoms with E-state index in [1.54, 1.807) is 11.8 Å². The molecule has 0 aliphatic carbocycles. The Labute approximate surface area is 186 Å². The van der Waals surface area contributed by atoms with Crippen LogP contribution >= 0.6 is 0 Å². The van der Waals surface area contributed by atoms with Gasteiger partial charge in [-0.3, -0.25) is 9.59 Å². The molecule has 0 saturated heterocycles. The summed E-state index contributed by atoms with van der Waals surface area (Å²) in [6, 6.07) is 13.5. The number of hydrogen-bond acceptors (Lipinski definition) is 3. The van der Waals surface area contributed by atoms with Crippen molar-refractivity contribution < 1.29 is 14.3 Å². The molecule has 0 fully saturated rings. The molecule has 1 unspecified atom stereocenters. The maximum atomic E-state index is 13.1. The summed E-state index contributed by atoms with van der Waals surface area (Å²) in [6.07, 6.45) is 2.61. The topological polar surface area (TPSA) is 58.6 Å². The van der Waals surface area contributed by atoms with Crippen LogP contribution in [0.2, 0.25) is 0 Å². The van der Waals surface area contributed by atoms with E-state index in [0.29, 0.717) is 25.3 Å². The number of hydrogen-bond donors (Lipinski definition) is 1. The van der Waals surface area contributed by atoms with Crippen LogP contribution in [0.5, 0.6) is 5.75 Å². The average molecular weight is 425 g/mol. The van der Waals surface area contributed by atoms with E-state index in [1.807, 2.05) is 57.2 Å².